The quantitative estimate of drug-likeness (QED) is 0.869. The number of hydrogen-bond acceptors (Lipinski definition) is 3. The standard InChI is InChI=1S/C15H17BrN2O2S/c1-10-7-12(9-17)8-15(11(10)2)21(19,20)18-14-5-3-13(16)4-6-14/h3-8,18H,9,17H2,1-2H3. The molecule has 2 aromatic carbocycles. The van der Waals surface area contributed by atoms with Gasteiger partial charge in [-0.2, -0.15) is 0 Å². The molecule has 0 aliphatic heterocycles. The van der Waals surface area contributed by atoms with Crippen LogP contribution in [0.1, 0.15) is 16.7 Å². The Kier molecular flexibility index (Phi) is 4.70. The van der Waals surface area contributed by atoms with E-state index in [-0.39, 0.29) is 4.90 Å². The zero-order chi connectivity index (χ0) is 15.6. The zero-order valence-electron chi connectivity index (χ0n) is 11.9. The van der Waals surface area contributed by atoms with Crippen molar-refractivity contribution in [1.82, 2.24) is 0 Å². The number of benzene rings is 2. The van der Waals surface area contributed by atoms with E-state index in [1.54, 1.807) is 37.3 Å². The van der Waals surface area contributed by atoms with Crippen molar-refractivity contribution in [2.45, 2.75) is 25.3 Å². The highest BCUT2D eigenvalue weighted by Gasteiger charge is 2.19. The van der Waals surface area contributed by atoms with Crippen LogP contribution in [-0.2, 0) is 16.6 Å². The first-order valence-electron chi connectivity index (χ1n) is 6.42. The summed E-state index contributed by atoms with van der Waals surface area (Å²) in [5.74, 6) is 0. The van der Waals surface area contributed by atoms with Crippen LogP contribution < -0.4 is 10.5 Å². The van der Waals surface area contributed by atoms with Gasteiger partial charge in [-0.15, -0.1) is 0 Å². The molecule has 0 saturated carbocycles. The predicted molar refractivity (Wildman–Crippen MR) is 88.8 cm³/mol. The molecule has 21 heavy (non-hydrogen) atoms. The highest BCUT2D eigenvalue weighted by Crippen LogP contribution is 2.24. The van der Waals surface area contributed by atoms with Crippen LogP contribution in [0.25, 0.3) is 0 Å². The van der Waals surface area contributed by atoms with E-state index in [9.17, 15) is 8.42 Å². The van der Waals surface area contributed by atoms with E-state index in [4.69, 9.17) is 5.73 Å². The summed E-state index contributed by atoms with van der Waals surface area (Å²) in [5, 5.41) is 0. The Hall–Kier alpha value is -1.37. The summed E-state index contributed by atoms with van der Waals surface area (Å²) < 4.78 is 28.6. The van der Waals surface area contributed by atoms with Crippen LogP contribution in [0.2, 0.25) is 0 Å². The van der Waals surface area contributed by atoms with E-state index >= 15 is 0 Å². The summed E-state index contributed by atoms with van der Waals surface area (Å²) in [7, 11) is -3.63. The first-order chi connectivity index (χ1) is 9.83. The minimum absolute atomic E-state index is 0.269. The Balaban J connectivity index is 2.44. The van der Waals surface area contributed by atoms with Gasteiger partial charge in [0.25, 0.3) is 10.0 Å². The molecule has 0 spiro atoms. The largest absolute Gasteiger partial charge is 0.326 e. The maximum absolute atomic E-state index is 12.6. The molecule has 2 aromatic rings. The Morgan fingerprint density at radius 3 is 2.33 bits per heavy atom. The number of anilines is 1. The smallest absolute Gasteiger partial charge is 0.262 e. The Morgan fingerprint density at radius 1 is 1.14 bits per heavy atom. The lowest BCUT2D eigenvalue weighted by molar-refractivity contribution is 0.600. The number of rotatable bonds is 4. The molecule has 0 aliphatic carbocycles. The van der Waals surface area contributed by atoms with Crippen molar-refractivity contribution in [3.63, 3.8) is 0 Å². The van der Waals surface area contributed by atoms with E-state index in [1.165, 1.54) is 0 Å². The van der Waals surface area contributed by atoms with Crippen molar-refractivity contribution >= 4 is 31.6 Å². The molecular formula is C15H17BrN2O2S. The molecule has 6 heteroatoms. The Bertz CT molecular complexity index is 756. The van der Waals surface area contributed by atoms with E-state index in [2.05, 4.69) is 20.7 Å². The Morgan fingerprint density at radius 2 is 1.76 bits per heavy atom. The normalized spacial score (nSPS) is 11.4. The number of hydrogen-bond donors (Lipinski definition) is 2. The van der Waals surface area contributed by atoms with Crippen molar-refractivity contribution in [1.29, 1.82) is 0 Å². The molecule has 0 heterocycles. The molecule has 4 nitrogen and oxygen atoms in total. The molecule has 3 N–H and O–H groups in total. The van der Waals surface area contributed by atoms with Gasteiger partial charge in [-0.25, -0.2) is 8.42 Å². The fourth-order valence-electron chi connectivity index (χ4n) is 2.02. The lowest BCUT2D eigenvalue weighted by atomic mass is 10.1. The van der Waals surface area contributed by atoms with Gasteiger partial charge in [0.1, 0.15) is 0 Å². The minimum atomic E-state index is -3.63. The van der Waals surface area contributed by atoms with E-state index in [1.807, 2.05) is 13.0 Å². The van der Waals surface area contributed by atoms with E-state index < -0.39 is 10.0 Å². The van der Waals surface area contributed by atoms with Crippen molar-refractivity contribution in [3.05, 3.63) is 57.6 Å². The third-order valence-electron chi connectivity index (χ3n) is 3.30. The van der Waals surface area contributed by atoms with Crippen LogP contribution in [0.15, 0.2) is 45.8 Å². The number of halogens is 1. The summed E-state index contributed by atoms with van der Waals surface area (Å²) in [6.07, 6.45) is 0. The van der Waals surface area contributed by atoms with Crippen molar-refractivity contribution < 1.29 is 8.42 Å². The zero-order valence-corrected chi connectivity index (χ0v) is 14.3. The summed E-state index contributed by atoms with van der Waals surface area (Å²) in [6.45, 7) is 3.99. The van der Waals surface area contributed by atoms with Gasteiger partial charge in [0, 0.05) is 16.7 Å². The predicted octanol–water partition coefficient (Wildman–Crippen LogP) is 3.33. The topological polar surface area (TPSA) is 72.2 Å². The lowest BCUT2D eigenvalue weighted by Gasteiger charge is -2.14. The number of nitrogens with two attached hydrogens (primary N) is 1. The van der Waals surface area contributed by atoms with Crippen LogP contribution in [0.3, 0.4) is 0 Å². The molecule has 0 radical (unpaired) electrons. The van der Waals surface area contributed by atoms with Crippen LogP contribution in [0, 0.1) is 13.8 Å². The third-order valence-corrected chi connectivity index (χ3v) is 5.34. The molecule has 0 aromatic heterocycles. The van der Waals surface area contributed by atoms with Crippen molar-refractivity contribution in [3.8, 4) is 0 Å². The molecule has 0 fully saturated rings. The average molecular weight is 369 g/mol. The second-order valence-electron chi connectivity index (χ2n) is 4.85. The summed E-state index contributed by atoms with van der Waals surface area (Å²) in [4.78, 5) is 0.269. The second kappa shape index (κ2) is 6.17. The SMILES string of the molecule is Cc1cc(CN)cc(S(=O)(=O)Nc2ccc(Br)cc2)c1C. The second-order valence-corrected chi connectivity index (χ2v) is 7.42. The fourth-order valence-corrected chi connectivity index (χ4v) is 3.72. The molecule has 0 atom stereocenters. The van der Waals surface area contributed by atoms with Gasteiger partial charge >= 0.3 is 0 Å². The van der Waals surface area contributed by atoms with Gasteiger partial charge in [0.15, 0.2) is 0 Å². The van der Waals surface area contributed by atoms with Gasteiger partial charge in [-0.05, 0) is 60.9 Å². The minimum Gasteiger partial charge on any atom is -0.326 e. The number of nitrogens with one attached hydrogen (secondary N) is 1. The molecule has 0 unspecified atom stereocenters. The third kappa shape index (κ3) is 3.64. The first-order valence-corrected chi connectivity index (χ1v) is 8.69. The van der Waals surface area contributed by atoms with Gasteiger partial charge in [-0.1, -0.05) is 22.0 Å². The molecule has 0 bridgehead atoms. The Labute approximate surface area is 133 Å². The van der Waals surface area contributed by atoms with Crippen LogP contribution in [0.4, 0.5) is 5.69 Å². The van der Waals surface area contributed by atoms with E-state index in [0.717, 1.165) is 21.2 Å². The van der Waals surface area contributed by atoms with Gasteiger partial charge in [0.2, 0.25) is 0 Å². The highest BCUT2D eigenvalue weighted by molar-refractivity contribution is 9.10. The van der Waals surface area contributed by atoms with Crippen molar-refractivity contribution in [2.24, 2.45) is 5.73 Å². The van der Waals surface area contributed by atoms with Gasteiger partial charge in [0.05, 0.1) is 4.90 Å². The summed E-state index contributed by atoms with van der Waals surface area (Å²) >= 11 is 3.32. The highest BCUT2D eigenvalue weighted by atomic mass is 79.9. The fraction of sp³-hybridized carbons (Fsp3) is 0.200. The lowest BCUT2D eigenvalue weighted by Crippen LogP contribution is -2.15. The molecule has 2 rings (SSSR count). The van der Waals surface area contributed by atoms with E-state index in [0.29, 0.717) is 12.2 Å². The molecule has 112 valence electrons. The molecule has 0 saturated heterocycles. The number of sulfonamides is 1. The van der Waals surface area contributed by atoms with Gasteiger partial charge < -0.3 is 5.73 Å². The van der Waals surface area contributed by atoms with Crippen molar-refractivity contribution in [2.75, 3.05) is 4.72 Å². The number of aryl methyl sites for hydroxylation is 1. The van der Waals surface area contributed by atoms with Crippen LogP contribution in [0.5, 0.6) is 0 Å². The van der Waals surface area contributed by atoms with Crippen LogP contribution >= 0.6 is 15.9 Å². The summed E-state index contributed by atoms with van der Waals surface area (Å²) in [5.41, 5.74) is 8.60. The first kappa shape index (κ1) is 16.0. The average Bonchev–Trinajstić information content (AvgIpc) is 2.43. The maximum atomic E-state index is 12.6. The maximum Gasteiger partial charge on any atom is 0.262 e. The van der Waals surface area contributed by atoms with Gasteiger partial charge in [-0.3, -0.25) is 4.72 Å². The van der Waals surface area contributed by atoms with Crippen LogP contribution in [-0.4, -0.2) is 8.42 Å². The molecular weight excluding hydrogens is 352 g/mol. The molecule has 0 amide bonds. The summed E-state index contributed by atoms with van der Waals surface area (Å²) in [6, 6.07) is 10.5. The molecule has 0 aliphatic rings. The monoisotopic (exact) mass is 368 g/mol.